The zero-order chi connectivity index (χ0) is 14.7. The third-order valence-electron chi connectivity index (χ3n) is 4.24. The number of halogens is 1. The lowest BCUT2D eigenvalue weighted by molar-refractivity contribution is 0.318. The van der Waals surface area contributed by atoms with Crippen LogP contribution < -0.4 is 5.73 Å². The van der Waals surface area contributed by atoms with Crippen molar-refractivity contribution < 1.29 is 4.39 Å². The van der Waals surface area contributed by atoms with Crippen molar-refractivity contribution in [3.8, 4) is 11.4 Å². The lowest BCUT2D eigenvalue weighted by atomic mass is 9.87. The molecule has 1 heterocycles. The molecule has 5 nitrogen and oxygen atoms in total. The van der Waals surface area contributed by atoms with E-state index in [1.807, 2.05) is 0 Å². The first-order valence-corrected chi connectivity index (χ1v) is 7.55. The molecule has 1 aromatic carbocycles. The van der Waals surface area contributed by atoms with Crippen LogP contribution in [0, 0.1) is 11.7 Å². The predicted octanol–water partition coefficient (Wildman–Crippen LogP) is 3.03. The topological polar surface area (TPSA) is 69.6 Å². The molecular formula is C15H20FN5. The first kappa shape index (κ1) is 14.0. The second kappa shape index (κ2) is 6.20. The fourth-order valence-electron chi connectivity index (χ4n) is 3.04. The van der Waals surface area contributed by atoms with E-state index in [1.54, 1.807) is 16.8 Å². The second-order valence-corrected chi connectivity index (χ2v) is 5.76. The molecule has 0 saturated heterocycles. The molecule has 1 aromatic heterocycles. The summed E-state index contributed by atoms with van der Waals surface area (Å²) < 4.78 is 15.7. The van der Waals surface area contributed by atoms with E-state index in [9.17, 15) is 4.39 Å². The smallest absolute Gasteiger partial charge is 0.184 e. The van der Waals surface area contributed by atoms with Gasteiger partial charge in [0.25, 0.3) is 0 Å². The number of tetrazole rings is 1. The van der Waals surface area contributed by atoms with Crippen molar-refractivity contribution in [2.75, 3.05) is 5.73 Å². The van der Waals surface area contributed by atoms with Crippen molar-refractivity contribution >= 4 is 5.69 Å². The predicted molar refractivity (Wildman–Crippen MR) is 78.8 cm³/mol. The lowest BCUT2D eigenvalue weighted by Gasteiger charge is -2.21. The summed E-state index contributed by atoms with van der Waals surface area (Å²) in [7, 11) is 0. The number of aromatic nitrogens is 4. The Balaban J connectivity index is 1.74. The van der Waals surface area contributed by atoms with Gasteiger partial charge in [-0.15, -0.1) is 5.10 Å². The Morgan fingerprint density at radius 2 is 2.05 bits per heavy atom. The van der Waals surface area contributed by atoms with Gasteiger partial charge in [0.1, 0.15) is 5.82 Å². The molecule has 0 spiro atoms. The first-order chi connectivity index (χ1) is 10.2. The van der Waals surface area contributed by atoms with Crippen LogP contribution in [0.2, 0.25) is 0 Å². The number of benzene rings is 1. The molecule has 2 aromatic rings. The average Bonchev–Trinajstić information content (AvgIpc) is 2.94. The number of hydrogen-bond donors (Lipinski definition) is 1. The highest BCUT2D eigenvalue weighted by Crippen LogP contribution is 2.27. The van der Waals surface area contributed by atoms with Crippen molar-refractivity contribution in [1.82, 2.24) is 20.2 Å². The Kier molecular flexibility index (Phi) is 4.13. The van der Waals surface area contributed by atoms with Crippen LogP contribution in [0.3, 0.4) is 0 Å². The molecule has 0 atom stereocenters. The van der Waals surface area contributed by atoms with Crippen LogP contribution in [0.25, 0.3) is 11.4 Å². The van der Waals surface area contributed by atoms with Gasteiger partial charge in [-0.3, -0.25) is 0 Å². The summed E-state index contributed by atoms with van der Waals surface area (Å²) in [4.78, 5) is 0. The minimum Gasteiger partial charge on any atom is -0.399 e. The maximum absolute atomic E-state index is 14.0. The average molecular weight is 289 g/mol. The van der Waals surface area contributed by atoms with E-state index in [0.29, 0.717) is 17.1 Å². The van der Waals surface area contributed by atoms with Crippen molar-refractivity contribution in [1.29, 1.82) is 0 Å². The molecule has 0 bridgehead atoms. The molecule has 0 aliphatic heterocycles. The van der Waals surface area contributed by atoms with Gasteiger partial charge >= 0.3 is 0 Å². The van der Waals surface area contributed by atoms with E-state index in [1.165, 1.54) is 38.2 Å². The maximum atomic E-state index is 14.0. The van der Waals surface area contributed by atoms with Gasteiger partial charge in [0.15, 0.2) is 5.82 Å². The van der Waals surface area contributed by atoms with Crippen molar-refractivity contribution in [3.63, 3.8) is 0 Å². The Morgan fingerprint density at radius 1 is 1.24 bits per heavy atom. The number of nitrogens with two attached hydrogens (primary N) is 1. The van der Waals surface area contributed by atoms with E-state index >= 15 is 0 Å². The van der Waals surface area contributed by atoms with Crippen LogP contribution in [0.4, 0.5) is 10.1 Å². The normalized spacial score (nSPS) is 16.2. The highest BCUT2D eigenvalue weighted by Gasteiger charge is 2.17. The molecule has 2 N–H and O–H groups in total. The van der Waals surface area contributed by atoms with Gasteiger partial charge in [0.05, 0.1) is 5.56 Å². The van der Waals surface area contributed by atoms with Crippen molar-refractivity contribution in [2.24, 2.45) is 5.92 Å². The summed E-state index contributed by atoms with van der Waals surface area (Å²) >= 11 is 0. The molecule has 6 heteroatoms. The van der Waals surface area contributed by atoms with Crippen molar-refractivity contribution in [2.45, 2.75) is 45.1 Å². The monoisotopic (exact) mass is 289 g/mol. The number of nitrogens with zero attached hydrogens (tertiary/aromatic N) is 4. The maximum Gasteiger partial charge on any atom is 0.184 e. The van der Waals surface area contributed by atoms with E-state index in [4.69, 9.17) is 5.73 Å². The third-order valence-corrected chi connectivity index (χ3v) is 4.24. The van der Waals surface area contributed by atoms with E-state index < -0.39 is 0 Å². The molecule has 1 saturated carbocycles. The Labute approximate surface area is 123 Å². The summed E-state index contributed by atoms with van der Waals surface area (Å²) in [6.45, 7) is 0.733. The molecule has 21 heavy (non-hydrogen) atoms. The van der Waals surface area contributed by atoms with Gasteiger partial charge in [-0.05, 0) is 41.0 Å². The van der Waals surface area contributed by atoms with Gasteiger partial charge in [-0.25, -0.2) is 9.07 Å². The molecule has 1 fully saturated rings. The minimum absolute atomic E-state index is 0.385. The van der Waals surface area contributed by atoms with Gasteiger partial charge < -0.3 is 5.73 Å². The van der Waals surface area contributed by atoms with Crippen molar-refractivity contribution in [3.05, 3.63) is 24.0 Å². The Bertz CT molecular complexity index is 604. The second-order valence-electron chi connectivity index (χ2n) is 5.76. The van der Waals surface area contributed by atoms with E-state index in [-0.39, 0.29) is 5.82 Å². The van der Waals surface area contributed by atoms with Crippen LogP contribution in [0.1, 0.15) is 38.5 Å². The fourth-order valence-corrected chi connectivity index (χ4v) is 3.04. The Hall–Kier alpha value is -1.98. The first-order valence-electron chi connectivity index (χ1n) is 7.55. The van der Waals surface area contributed by atoms with Crippen LogP contribution in [0.5, 0.6) is 0 Å². The zero-order valence-corrected chi connectivity index (χ0v) is 12.0. The molecule has 3 rings (SSSR count). The summed E-state index contributed by atoms with van der Waals surface area (Å²) in [6.07, 6.45) is 7.61. The highest BCUT2D eigenvalue weighted by molar-refractivity contribution is 5.59. The van der Waals surface area contributed by atoms with E-state index in [2.05, 4.69) is 15.5 Å². The summed E-state index contributed by atoms with van der Waals surface area (Å²) in [5.74, 6) is 0.832. The van der Waals surface area contributed by atoms with Gasteiger partial charge in [0, 0.05) is 12.2 Å². The number of nitrogen functional groups attached to an aromatic ring is 1. The SMILES string of the molecule is Nc1ccc(-c2nnnn2CCC2CCCCC2)c(F)c1. The van der Waals surface area contributed by atoms with Gasteiger partial charge in [-0.1, -0.05) is 32.1 Å². The summed E-state index contributed by atoms with van der Waals surface area (Å²) in [5, 5.41) is 11.7. The van der Waals surface area contributed by atoms with E-state index in [0.717, 1.165) is 18.9 Å². The number of rotatable bonds is 4. The quantitative estimate of drug-likeness (QED) is 0.878. The van der Waals surface area contributed by atoms with Crippen LogP contribution in [-0.4, -0.2) is 20.2 Å². The minimum atomic E-state index is -0.385. The summed E-state index contributed by atoms with van der Waals surface area (Å²) in [6, 6.07) is 4.60. The molecule has 112 valence electrons. The largest absolute Gasteiger partial charge is 0.399 e. The zero-order valence-electron chi connectivity index (χ0n) is 12.0. The lowest BCUT2D eigenvalue weighted by Crippen LogP contribution is -2.12. The van der Waals surface area contributed by atoms with Gasteiger partial charge in [-0.2, -0.15) is 0 Å². The van der Waals surface area contributed by atoms with Crippen LogP contribution in [0.15, 0.2) is 18.2 Å². The fraction of sp³-hybridized carbons (Fsp3) is 0.533. The number of aryl methyl sites for hydroxylation is 1. The molecule has 1 aliphatic carbocycles. The highest BCUT2D eigenvalue weighted by atomic mass is 19.1. The van der Waals surface area contributed by atoms with Gasteiger partial charge in [0.2, 0.25) is 0 Å². The molecule has 0 amide bonds. The number of anilines is 1. The molecule has 1 aliphatic rings. The standard InChI is InChI=1S/C15H20FN5/c16-14-10-12(17)6-7-13(14)15-18-19-20-21(15)9-8-11-4-2-1-3-5-11/h6-7,10-11H,1-5,8-9,17H2. The third kappa shape index (κ3) is 3.20. The number of hydrogen-bond acceptors (Lipinski definition) is 4. The summed E-state index contributed by atoms with van der Waals surface area (Å²) in [5.41, 5.74) is 6.38. The van der Waals surface area contributed by atoms with Crippen LogP contribution in [-0.2, 0) is 6.54 Å². The Morgan fingerprint density at radius 3 is 2.81 bits per heavy atom. The van der Waals surface area contributed by atoms with Crippen LogP contribution >= 0.6 is 0 Å². The molecular weight excluding hydrogens is 269 g/mol. The molecule has 0 radical (unpaired) electrons. The molecule has 0 unspecified atom stereocenters.